The fraction of sp³-hybridized carbons (Fsp3) is 0.600. The molecule has 1 aromatic rings. The van der Waals surface area contributed by atoms with Crippen LogP contribution in [0, 0.1) is 11.2 Å². The van der Waals surface area contributed by atoms with Gasteiger partial charge in [0.2, 0.25) is 0 Å². The maximum absolute atomic E-state index is 13.7. The lowest BCUT2D eigenvalue weighted by Crippen LogP contribution is -2.44. The van der Waals surface area contributed by atoms with E-state index in [9.17, 15) is 22.7 Å². The normalized spacial score (nSPS) is 26.6. The topological polar surface area (TPSA) is 20.2 Å². The standard InChI is InChI=1S/C15H18F4O/c1-13(2)7-3-4-8-14(13,20)10-5-6-11(12(16)9-10)15(17,18)19/h5-6,9,20H,3-4,7-8H2,1-2H3. The van der Waals surface area contributed by atoms with Crippen molar-refractivity contribution in [3.05, 3.63) is 35.1 Å². The van der Waals surface area contributed by atoms with Gasteiger partial charge >= 0.3 is 6.18 Å². The van der Waals surface area contributed by atoms with E-state index in [-0.39, 0.29) is 5.56 Å². The van der Waals surface area contributed by atoms with Gasteiger partial charge in [-0.05, 0) is 36.0 Å². The Kier molecular flexibility index (Phi) is 3.61. The zero-order chi connectivity index (χ0) is 15.2. The highest BCUT2D eigenvalue weighted by molar-refractivity contribution is 5.32. The second-order valence-electron chi connectivity index (χ2n) is 6.14. The van der Waals surface area contributed by atoms with Crippen LogP contribution >= 0.6 is 0 Å². The molecular weight excluding hydrogens is 272 g/mol. The molecule has 0 spiro atoms. The summed E-state index contributed by atoms with van der Waals surface area (Å²) in [6.07, 6.45) is -1.79. The van der Waals surface area contributed by atoms with E-state index in [0.717, 1.165) is 25.3 Å². The second kappa shape index (κ2) is 4.72. The van der Waals surface area contributed by atoms with Gasteiger partial charge in [0.1, 0.15) is 5.82 Å². The molecule has 1 saturated carbocycles. The molecule has 0 aromatic heterocycles. The lowest BCUT2D eigenvalue weighted by atomic mass is 9.62. The maximum atomic E-state index is 13.7. The van der Waals surface area contributed by atoms with Crippen LogP contribution in [-0.4, -0.2) is 5.11 Å². The van der Waals surface area contributed by atoms with E-state index in [4.69, 9.17) is 0 Å². The zero-order valence-corrected chi connectivity index (χ0v) is 11.5. The minimum Gasteiger partial charge on any atom is -0.385 e. The first-order chi connectivity index (χ1) is 9.08. The second-order valence-corrected chi connectivity index (χ2v) is 6.14. The average molecular weight is 290 g/mol. The molecule has 1 aromatic carbocycles. The van der Waals surface area contributed by atoms with Crippen LogP contribution in [-0.2, 0) is 11.8 Å². The highest BCUT2D eigenvalue weighted by Crippen LogP contribution is 2.50. The molecule has 1 N–H and O–H groups in total. The van der Waals surface area contributed by atoms with E-state index >= 15 is 0 Å². The third-order valence-electron chi connectivity index (χ3n) is 4.46. The molecule has 1 aliphatic carbocycles. The van der Waals surface area contributed by atoms with Crippen LogP contribution in [0.5, 0.6) is 0 Å². The molecule has 2 rings (SSSR count). The van der Waals surface area contributed by atoms with Gasteiger partial charge in [0.15, 0.2) is 0 Å². The summed E-state index contributed by atoms with van der Waals surface area (Å²) >= 11 is 0. The lowest BCUT2D eigenvalue weighted by molar-refractivity contribution is -0.140. The predicted molar refractivity (Wildman–Crippen MR) is 67.5 cm³/mol. The van der Waals surface area contributed by atoms with Crippen molar-refractivity contribution in [3.63, 3.8) is 0 Å². The van der Waals surface area contributed by atoms with Crippen LogP contribution in [0.3, 0.4) is 0 Å². The maximum Gasteiger partial charge on any atom is 0.419 e. The van der Waals surface area contributed by atoms with Crippen molar-refractivity contribution < 1.29 is 22.7 Å². The third-order valence-corrected chi connectivity index (χ3v) is 4.46. The Morgan fingerprint density at radius 3 is 2.20 bits per heavy atom. The lowest BCUT2D eigenvalue weighted by Gasteiger charge is -2.47. The molecule has 0 amide bonds. The number of halogens is 4. The Bertz CT molecular complexity index is 507. The summed E-state index contributed by atoms with van der Waals surface area (Å²) in [7, 11) is 0. The molecular formula is C15H18F4O. The third kappa shape index (κ3) is 2.43. The van der Waals surface area contributed by atoms with Gasteiger partial charge in [-0.15, -0.1) is 0 Å². The summed E-state index contributed by atoms with van der Waals surface area (Å²) in [5.74, 6) is -1.33. The number of hydrogen-bond acceptors (Lipinski definition) is 1. The molecule has 0 aliphatic heterocycles. The van der Waals surface area contributed by atoms with Crippen LogP contribution in [0.25, 0.3) is 0 Å². The van der Waals surface area contributed by atoms with Crippen LogP contribution in [0.15, 0.2) is 18.2 Å². The van der Waals surface area contributed by atoms with Crippen molar-refractivity contribution in [2.45, 2.75) is 51.3 Å². The smallest absolute Gasteiger partial charge is 0.385 e. The van der Waals surface area contributed by atoms with Gasteiger partial charge in [-0.2, -0.15) is 13.2 Å². The quantitative estimate of drug-likeness (QED) is 0.747. The predicted octanol–water partition coefficient (Wildman–Crippen LogP) is 4.63. The first-order valence-electron chi connectivity index (χ1n) is 6.67. The van der Waals surface area contributed by atoms with E-state index in [1.54, 1.807) is 0 Å². The van der Waals surface area contributed by atoms with Crippen molar-refractivity contribution in [2.24, 2.45) is 5.41 Å². The SMILES string of the molecule is CC1(C)CCCCC1(O)c1ccc(C(F)(F)F)c(F)c1. The first kappa shape index (κ1) is 15.3. The summed E-state index contributed by atoms with van der Waals surface area (Å²) in [5.41, 5.74) is -2.83. The van der Waals surface area contributed by atoms with Crippen molar-refractivity contribution >= 4 is 0 Å². The van der Waals surface area contributed by atoms with Gasteiger partial charge in [0.25, 0.3) is 0 Å². The summed E-state index contributed by atoms with van der Waals surface area (Å²) < 4.78 is 51.4. The molecule has 0 saturated heterocycles. The van der Waals surface area contributed by atoms with Crippen molar-refractivity contribution in [2.75, 3.05) is 0 Å². The summed E-state index contributed by atoms with van der Waals surface area (Å²) in [4.78, 5) is 0. The average Bonchev–Trinajstić information content (AvgIpc) is 2.31. The molecule has 0 heterocycles. The van der Waals surface area contributed by atoms with Crippen LogP contribution in [0.4, 0.5) is 17.6 Å². The van der Waals surface area contributed by atoms with Gasteiger partial charge in [0, 0.05) is 0 Å². The zero-order valence-electron chi connectivity index (χ0n) is 11.5. The Morgan fingerprint density at radius 1 is 1.10 bits per heavy atom. The Morgan fingerprint density at radius 2 is 1.70 bits per heavy atom. The minimum absolute atomic E-state index is 0.229. The van der Waals surface area contributed by atoms with Gasteiger partial charge < -0.3 is 5.11 Å². The van der Waals surface area contributed by atoms with Crippen molar-refractivity contribution in [1.29, 1.82) is 0 Å². The fourth-order valence-corrected chi connectivity index (χ4v) is 3.03. The van der Waals surface area contributed by atoms with Crippen molar-refractivity contribution in [3.8, 4) is 0 Å². The first-order valence-corrected chi connectivity index (χ1v) is 6.67. The number of alkyl halides is 3. The Labute approximate surface area is 115 Å². The molecule has 0 bridgehead atoms. The van der Waals surface area contributed by atoms with Gasteiger partial charge in [0.05, 0.1) is 11.2 Å². The van der Waals surface area contributed by atoms with Crippen LogP contribution in [0.2, 0.25) is 0 Å². The molecule has 112 valence electrons. The molecule has 5 heteroatoms. The molecule has 1 fully saturated rings. The highest BCUT2D eigenvalue weighted by Gasteiger charge is 2.47. The fourth-order valence-electron chi connectivity index (χ4n) is 3.03. The van der Waals surface area contributed by atoms with E-state index in [2.05, 4.69) is 0 Å². The summed E-state index contributed by atoms with van der Waals surface area (Å²) in [6, 6.07) is 2.74. The summed E-state index contributed by atoms with van der Waals surface area (Å²) in [5, 5.41) is 10.8. The van der Waals surface area contributed by atoms with E-state index in [1.165, 1.54) is 6.07 Å². The van der Waals surface area contributed by atoms with E-state index < -0.39 is 28.6 Å². The highest BCUT2D eigenvalue weighted by atomic mass is 19.4. The van der Waals surface area contributed by atoms with Crippen LogP contribution in [0.1, 0.15) is 50.7 Å². The van der Waals surface area contributed by atoms with E-state index in [1.807, 2.05) is 13.8 Å². The van der Waals surface area contributed by atoms with E-state index in [0.29, 0.717) is 12.5 Å². The van der Waals surface area contributed by atoms with Gasteiger partial charge in [-0.3, -0.25) is 0 Å². The Balaban J connectivity index is 2.46. The van der Waals surface area contributed by atoms with Crippen molar-refractivity contribution in [1.82, 2.24) is 0 Å². The molecule has 20 heavy (non-hydrogen) atoms. The summed E-state index contributed by atoms with van der Waals surface area (Å²) in [6.45, 7) is 3.73. The molecule has 0 radical (unpaired) electrons. The number of benzene rings is 1. The molecule has 1 unspecified atom stereocenters. The molecule has 1 atom stereocenters. The number of hydrogen-bond donors (Lipinski definition) is 1. The molecule has 1 aliphatic rings. The molecule has 1 nitrogen and oxygen atoms in total. The monoisotopic (exact) mass is 290 g/mol. The van der Waals surface area contributed by atoms with Gasteiger partial charge in [-0.1, -0.05) is 32.8 Å². The van der Waals surface area contributed by atoms with Crippen LogP contribution < -0.4 is 0 Å². The van der Waals surface area contributed by atoms with Gasteiger partial charge in [-0.25, -0.2) is 4.39 Å². The number of aliphatic hydroxyl groups is 1. The largest absolute Gasteiger partial charge is 0.419 e. The Hall–Kier alpha value is -1.10. The minimum atomic E-state index is -4.71. The number of rotatable bonds is 1.